The van der Waals surface area contributed by atoms with E-state index < -0.39 is 22.6 Å². The average molecular weight is 376 g/mol. The summed E-state index contributed by atoms with van der Waals surface area (Å²) in [5, 5.41) is 8.97. The average Bonchev–Trinajstić information content (AvgIpc) is 2.34. The van der Waals surface area contributed by atoms with Gasteiger partial charge in [0, 0.05) is 17.4 Å². The van der Waals surface area contributed by atoms with Crippen molar-refractivity contribution in [3.8, 4) is 0 Å². The molecule has 114 valence electrons. The Hall–Kier alpha value is -0.640. The lowest BCUT2D eigenvalue weighted by molar-refractivity contribution is -0.135. The molecule has 1 aromatic rings. The molecule has 0 fully saturated rings. The van der Waals surface area contributed by atoms with Gasteiger partial charge in [0.1, 0.15) is 0 Å². The zero-order chi connectivity index (χ0) is 15.4. The van der Waals surface area contributed by atoms with Crippen LogP contribution in [-0.4, -0.2) is 26.2 Å². The lowest BCUT2D eigenvalue weighted by Crippen LogP contribution is -2.26. The number of sulfonamides is 1. The number of hydrogen-bond donors (Lipinski definition) is 2. The third-order valence-corrected chi connectivity index (χ3v) is 4.85. The summed E-state index contributed by atoms with van der Waals surface area (Å²) < 4.78 is 62.1. The Kier molecular flexibility index (Phi) is 5.99. The van der Waals surface area contributed by atoms with Gasteiger partial charge in [0.05, 0.1) is 11.5 Å². The molecule has 0 aromatic heterocycles. The van der Waals surface area contributed by atoms with E-state index in [0.717, 1.165) is 0 Å². The van der Waals surface area contributed by atoms with E-state index in [1.807, 2.05) is 0 Å². The Labute approximate surface area is 123 Å². The fourth-order valence-corrected chi connectivity index (χ4v) is 3.51. The van der Waals surface area contributed by atoms with Crippen LogP contribution in [-0.2, 0) is 16.6 Å². The smallest absolute Gasteiger partial charge is 0.389 e. The minimum absolute atomic E-state index is 0.115. The lowest BCUT2D eigenvalue weighted by atomic mass is 10.2. The van der Waals surface area contributed by atoms with Gasteiger partial charge in [-0.05, 0) is 40.0 Å². The van der Waals surface area contributed by atoms with Crippen LogP contribution in [0.3, 0.4) is 0 Å². The van der Waals surface area contributed by atoms with Gasteiger partial charge in [-0.3, -0.25) is 0 Å². The largest absolute Gasteiger partial charge is 0.392 e. The molecule has 20 heavy (non-hydrogen) atoms. The Morgan fingerprint density at radius 3 is 2.50 bits per heavy atom. The van der Waals surface area contributed by atoms with Crippen LogP contribution in [0, 0.1) is 0 Å². The van der Waals surface area contributed by atoms with Crippen molar-refractivity contribution >= 4 is 26.0 Å². The summed E-state index contributed by atoms with van der Waals surface area (Å²) in [4.78, 5) is -0.115. The molecule has 0 saturated carbocycles. The second-order valence-corrected chi connectivity index (χ2v) is 6.63. The highest BCUT2D eigenvalue weighted by molar-refractivity contribution is 9.10. The Morgan fingerprint density at radius 1 is 1.30 bits per heavy atom. The van der Waals surface area contributed by atoms with Gasteiger partial charge in [0.2, 0.25) is 10.0 Å². The quantitative estimate of drug-likeness (QED) is 0.750. The van der Waals surface area contributed by atoms with Crippen molar-refractivity contribution in [2.75, 3.05) is 6.54 Å². The van der Waals surface area contributed by atoms with Gasteiger partial charge >= 0.3 is 6.18 Å². The van der Waals surface area contributed by atoms with Gasteiger partial charge in [0.25, 0.3) is 0 Å². The molecule has 1 aromatic carbocycles. The van der Waals surface area contributed by atoms with Crippen molar-refractivity contribution in [3.05, 3.63) is 28.2 Å². The van der Waals surface area contributed by atoms with E-state index in [4.69, 9.17) is 5.11 Å². The first kappa shape index (κ1) is 17.4. The second-order valence-electron chi connectivity index (χ2n) is 4.04. The number of aliphatic hydroxyl groups excluding tert-OH is 1. The van der Waals surface area contributed by atoms with Crippen LogP contribution in [0.25, 0.3) is 0 Å². The fraction of sp³-hybridized carbons (Fsp3) is 0.455. The molecular formula is C11H13BrF3NO3S. The van der Waals surface area contributed by atoms with Crippen molar-refractivity contribution in [1.82, 2.24) is 4.72 Å². The van der Waals surface area contributed by atoms with Crippen LogP contribution in [0.2, 0.25) is 0 Å². The van der Waals surface area contributed by atoms with Crippen molar-refractivity contribution in [2.45, 2.75) is 30.5 Å². The number of halogens is 4. The molecule has 0 atom stereocenters. The normalized spacial score (nSPS) is 12.7. The molecule has 0 saturated heterocycles. The maximum Gasteiger partial charge on any atom is 0.389 e. The predicted octanol–water partition coefficient (Wildman–Crippen LogP) is 2.56. The van der Waals surface area contributed by atoms with E-state index in [1.165, 1.54) is 18.2 Å². The van der Waals surface area contributed by atoms with Gasteiger partial charge in [-0.25, -0.2) is 13.1 Å². The first-order valence-corrected chi connectivity index (χ1v) is 7.89. The van der Waals surface area contributed by atoms with Crippen molar-refractivity contribution in [1.29, 1.82) is 0 Å². The first-order chi connectivity index (χ1) is 9.15. The summed E-state index contributed by atoms with van der Waals surface area (Å²) in [6, 6.07) is 4.25. The molecule has 9 heteroatoms. The molecular weight excluding hydrogens is 363 g/mol. The van der Waals surface area contributed by atoms with E-state index in [1.54, 1.807) is 0 Å². The molecule has 0 aliphatic carbocycles. The third kappa shape index (κ3) is 5.39. The van der Waals surface area contributed by atoms with Crippen LogP contribution in [0.4, 0.5) is 13.2 Å². The molecule has 0 spiro atoms. The van der Waals surface area contributed by atoms with Crippen molar-refractivity contribution in [3.63, 3.8) is 0 Å². The molecule has 0 radical (unpaired) electrons. The first-order valence-electron chi connectivity index (χ1n) is 5.61. The summed E-state index contributed by atoms with van der Waals surface area (Å²) in [6.07, 6.45) is -5.68. The number of alkyl halides is 3. The Bertz CT molecular complexity index is 561. The minimum Gasteiger partial charge on any atom is -0.392 e. The van der Waals surface area contributed by atoms with Crippen LogP contribution in [0.15, 0.2) is 27.6 Å². The van der Waals surface area contributed by atoms with E-state index in [9.17, 15) is 21.6 Å². The number of aliphatic hydroxyl groups is 1. The van der Waals surface area contributed by atoms with Gasteiger partial charge in [-0.15, -0.1) is 0 Å². The molecule has 4 nitrogen and oxygen atoms in total. The maximum absolute atomic E-state index is 11.9. The minimum atomic E-state index is -4.30. The van der Waals surface area contributed by atoms with Gasteiger partial charge in [0.15, 0.2) is 0 Å². The van der Waals surface area contributed by atoms with Gasteiger partial charge < -0.3 is 5.11 Å². The summed E-state index contributed by atoms with van der Waals surface area (Å²) >= 11 is 3.06. The van der Waals surface area contributed by atoms with E-state index in [-0.39, 0.29) is 28.9 Å². The lowest BCUT2D eigenvalue weighted by Gasteiger charge is -2.10. The SMILES string of the molecule is O=S(=O)(NCCCC(F)(F)F)c1cc(CO)ccc1Br. The van der Waals surface area contributed by atoms with Crippen LogP contribution < -0.4 is 4.72 Å². The van der Waals surface area contributed by atoms with Gasteiger partial charge in [-0.1, -0.05) is 6.07 Å². The zero-order valence-electron chi connectivity index (χ0n) is 10.2. The topological polar surface area (TPSA) is 66.4 Å². The third-order valence-electron chi connectivity index (χ3n) is 2.40. The maximum atomic E-state index is 11.9. The highest BCUT2D eigenvalue weighted by Crippen LogP contribution is 2.24. The van der Waals surface area contributed by atoms with Gasteiger partial charge in [-0.2, -0.15) is 13.2 Å². The standard InChI is InChI=1S/C11H13BrF3NO3S/c12-9-3-2-8(7-17)6-10(9)20(18,19)16-5-1-4-11(13,14)15/h2-3,6,16-17H,1,4-5,7H2. The molecule has 0 aliphatic heterocycles. The number of benzene rings is 1. The summed E-state index contributed by atoms with van der Waals surface area (Å²) in [7, 11) is -3.92. The van der Waals surface area contributed by atoms with Crippen LogP contribution >= 0.6 is 15.9 Å². The molecule has 1 rings (SSSR count). The number of hydrogen-bond acceptors (Lipinski definition) is 3. The van der Waals surface area contributed by atoms with Crippen LogP contribution in [0.1, 0.15) is 18.4 Å². The van der Waals surface area contributed by atoms with Crippen molar-refractivity contribution in [2.24, 2.45) is 0 Å². The Balaban J connectivity index is 2.74. The molecule has 0 unspecified atom stereocenters. The molecule has 0 amide bonds. The predicted molar refractivity (Wildman–Crippen MR) is 70.5 cm³/mol. The summed E-state index contributed by atoms with van der Waals surface area (Å²) in [5.41, 5.74) is 0.392. The monoisotopic (exact) mass is 375 g/mol. The summed E-state index contributed by atoms with van der Waals surface area (Å²) in [6.45, 7) is -0.637. The highest BCUT2D eigenvalue weighted by atomic mass is 79.9. The molecule has 2 N–H and O–H groups in total. The highest BCUT2D eigenvalue weighted by Gasteiger charge is 2.26. The zero-order valence-corrected chi connectivity index (χ0v) is 12.6. The molecule has 0 heterocycles. The van der Waals surface area contributed by atoms with E-state index in [0.29, 0.717) is 5.56 Å². The fourth-order valence-electron chi connectivity index (χ4n) is 1.43. The Morgan fingerprint density at radius 2 is 1.95 bits per heavy atom. The van der Waals surface area contributed by atoms with E-state index >= 15 is 0 Å². The van der Waals surface area contributed by atoms with E-state index in [2.05, 4.69) is 20.7 Å². The molecule has 0 aliphatic rings. The molecule has 0 bridgehead atoms. The number of nitrogens with one attached hydrogen (secondary N) is 1. The summed E-state index contributed by atoms with van der Waals surface area (Å²) in [5.74, 6) is 0. The van der Waals surface area contributed by atoms with Crippen molar-refractivity contribution < 1.29 is 26.7 Å². The van der Waals surface area contributed by atoms with Crippen LogP contribution in [0.5, 0.6) is 0 Å². The number of rotatable bonds is 6. The second kappa shape index (κ2) is 6.88.